The van der Waals surface area contributed by atoms with Crippen LogP contribution in [-0.4, -0.2) is 18.0 Å². The van der Waals surface area contributed by atoms with E-state index >= 15 is 0 Å². The van der Waals surface area contributed by atoms with Gasteiger partial charge in [-0.05, 0) is 31.9 Å². The van der Waals surface area contributed by atoms with Crippen molar-refractivity contribution in [3.63, 3.8) is 0 Å². The van der Waals surface area contributed by atoms with Crippen LogP contribution in [0.2, 0.25) is 0 Å². The van der Waals surface area contributed by atoms with Gasteiger partial charge in [0.15, 0.2) is 0 Å². The lowest BCUT2D eigenvalue weighted by Gasteiger charge is -2.22. The summed E-state index contributed by atoms with van der Waals surface area (Å²) in [5, 5.41) is 3.09. The molecule has 3 N–H and O–H groups in total. The number of rotatable bonds is 2. The second-order valence-electron chi connectivity index (χ2n) is 5.25. The third-order valence-corrected chi connectivity index (χ3v) is 3.67. The van der Waals surface area contributed by atoms with Gasteiger partial charge >= 0.3 is 0 Å². The molecule has 2 atom stereocenters. The first kappa shape index (κ1) is 13.1. The monoisotopic (exact) mass is 246 g/mol. The molecule has 1 aromatic rings. The van der Waals surface area contributed by atoms with Crippen molar-refractivity contribution in [2.24, 2.45) is 5.73 Å². The van der Waals surface area contributed by atoms with Gasteiger partial charge in [-0.15, -0.1) is 0 Å². The van der Waals surface area contributed by atoms with Gasteiger partial charge in [0.25, 0.3) is 5.91 Å². The van der Waals surface area contributed by atoms with Crippen LogP contribution in [-0.2, 0) is 0 Å². The number of aryl methyl sites for hydroxylation is 1. The topological polar surface area (TPSA) is 55.1 Å². The van der Waals surface area contributed by atoms with Crippen molar-refractivity contribution in [2.45, 2.75) is 51.1 Å². The lowest BCUT2D eigenvalue weighted by Crippen LogP contribution is -2.46. The largest absolute Gasteiger partial charge is 0.348 e. The van der Waals surface area contributed by atoms with E-state index in [0.29, 0.717) is 0 Å². The number of nitrogens with two attached hydrogens (primary N) is 1. The van der Waals surface area contributed by atoms with E-state index in [9.17, 15) is 4.79 Å². The smallest absolute Gasteiger partial charge is 0.251 e. The first-order chi connectivity index (χ1) is 8.66. The van der Waals surface area contributed by atoms with Gasteiger partial charge in [0.05, 0.1) is 0 Å². The first-order valence-electron chi connectivity index (χ1n) is 6.80. The van der Waals surface area contributed by atoms with Crippen LogP contribution in [0.25, 0.3) is 0 Å². The predicted molar refractivity (Wildman–Crippen MR) is 73.5 cm³/mol. The third kappa shape index (κ3) is 3.33. The summed E-state index contributed by atoms with van der Waals surface area (Å²) in [5.74, 6) is 0.000972. The second kappa shape index (κ2) is 6.01. The number of amides is 1. The highest BCUT2D eigenvalue weighted by Gasteiger charge is 2.22. The van der Waals surface area contributed by atoms with Crippen LogP contribution >= 0.6 is 0 Å². The zero-order valence-electron chi connectivity index (χ0n) is 11.0. The molecule has 2 unspecified atom stereocenters. The van der Waals surface area contributed by atoms with Gasteiger partial charge in [-0.1, -0.05) is 37.0 Å². The van der Waals surface area contributed by atoms with Crippen LogP contribution in [0, 0.1) is 6.92 Å². The standard InChI is InChI=1S/C15H22N2O/c1-11-6-5-7-12(10-11)15(18)17-14-9-4-2-3-8-13(14)16/h5-7,10,13-14H,2-4,8-9,16H2,1H3,(H,17,18). The molecule has 1 aromatic carbocycles. The minimum atomic E-state index is 0.000972. The van der Waals surface area contributed by atoms with Gasteiger partial charge in [-0.2, -0.15) is 0 Å². The molecule has 1 aliphatic carbocycles. The molecule has 0 aliphatic heterocycles. The molecule has 1 amide bonds. The van der Waals surface area contributed by atoms with Crippen molar-refractivity contribution >= 4 is 5.91 Å². The van der Waals surface area contributed by atoms with Crippen molar-refractivity contribution in [2.75, 3.05) is 0 Å². The number of hydrogen-bond donors (Lipinski definition) is 2. The molecular formula is C15H22N2O. The molecule has 18 heavy (non-hydrogen) atoms. The lowest BCUT2D eigenvalue weighted by molar-refractivity contribution is 0.0928. The van der Waals surface area contributed by atoms with E-state index in [4.69, 9.17) is 5.73 Å². The van der Waals surface area contributed by atoms with E-state index in [-0.39, 0.29) is 18.0 Å². The Hall–Kier alpha value is -1.35. The Bertz CT molecular complexity index is 417. The molecule has 2 rings (SSSR count). The van der Waals surface area contributed by atoms with Gasteiger partial charge < -0.3 is 11.1 Å². The van der Waals surface area contributed by atoms with Crippen LogP contribution in [0.4, 0.5) is 0 Å². The van der Waals surface area contributed by atoms with Crippen LogP contribution in [0.15, 0.2) is 24.3 Å². The number of nitrogens with one attached hydrogen (secondary N) is 1. The summed E-state index contributed by atoms with van der Waals surface area (Å²) in [4.78, 5) is 12.2. The van der Waals surface area contributed by atoms with Gasteiger partial charge in [-0.25, -0.2) is 0 Å². The number of carbonyl (C=O) groups is 1. The predicted octanol–water partition coefficient (Wildman–Crippen LogP) is 2.38. The number of carbonyl (C=O) groups excluding carboxylic acids is 1. The number of hydrogen-bond acceptors (Lipinski definition) is 2. The summed E-state index contributed by atoms with van der Waals surface area (Å²) in [7, 11) is 0. The van der Waals surface area contributed by atoms with E-state index in [1.807, 2.05) is 31.2 Å². The van der Waals surface area contributed by atoms with Gasteiger partial charge in [0, 0.05) is 17.6 Å². The molecule has 3 nitrogen and oxygen atoms in total. The maximum absolute atomic E-state index is 12.2. The summed E-state index contributed by atoms with van der Waals surface area (Å²) in [6, 6.07) is 7.90. The summed E-state index contributed by atoms with van der Waals surface area (Å²) in [6.45, 7) is 1.99. The molecular weight excluding hydrogens is 224 g/mol. The van der Waals surface area contributed by atoms with Crippen molar-refractivity contribution in [3.8, 4) is 0 Å². The zero-order chi connectivity index (χ0) is 13.0. The highest BCUT2D eigenvalue weighted by molar-refractivity contribution is 5.94. The van der Waals surface area contributed by atoms with E-state index in [2.05, 4.69) is 5.32 Å². The van der Waals surface area contributed by atoms with E-state index in [1.54, 1.807) is 0 Å². The fourth-order valence-electron chi connectivity index (χ4n) is 2.55. The van der Waals surface area contributed by atoms with Crippen LogP contribution in [0.3, 0.4) is 0 Å². The van der Waals surface area contributed by atoms with E-state index in [1.165, 1.54) is 12.8 Å². The Balaban J connectivity index is 2.01. The fourth-order valence-corrected chi connectivity index (χ4v) is 2.55. The average Bonchev–Trinajstić information content (AvgIpc) is 2.55. The Morgan fingerprint density at radius 3 is 2.83 bits per heavy atom. The second-order valence-corrected chi connectivity index (χ2v) is 5.25. The summed E-state index contributed by atoms with van der Waals surface area (Å²) >= 11 is 0. The molecule has 0 saturated heterocycles. The minimum absolute atomic E-state index is 0.000972. The summed E-state index contributed by atoms with van der Waals surface area (Å²) in [5.41, 5.74) is 7.95. The first-order valence-corrected chi connectivity index (χ1v) is 6.80. The van der Waals surface area contributed by atoms with Crippen molar-refractivity contribution < 1.29 is 4.79 Å². The van der Waals surface area contributed by atoms with Gasteiger partial charge in [0.2, 0.25) is 0 Å². The quantitative estimate of drug-likeness (QED) is 0.787. The van der Waals surface area contributed by atoms with Crippen molar-refractivity contribution in [1.29, 1.82) is 0 Å². The SMILES string of the molecule is Cc1cccc(C(=O)NC2CCCCCC2N)c1. The van der Waals surface area contributed by atoms with Gasteiger partial charge in [0.1, 0.15) is 0 Å². The van der Waals surface area contributed by atoms with Gasteiger partial charge in [-0.3, -0.25) is 4.79 Å². The molecule has 98 valence electrons. The Morgan fingerprint density at radius 2 is 2.06 bits per heavy atom. The molecule has 1 aliphatic rings. The average molecular weight is 246 g/mol. The third-order valence-electron chi connectivity index (χ3n) is 3.67. The highest BCUT2D eigenvalue weighted by atomic mass is 16.1. The highest BCUT2D eigenvalue weighted by Crippen LogP contribution is 2.17. The lowest BCUT2D eigenvalue weighted by atomic mass is 10.0. The van der Waals surface area contributed by atoms with Crippen molar-refractivity contribution in [1.82, 2.24) is 5.32 Å². The molecule has 0 bridgehead atoms. The number of benzene rings is 1. The van der Waals surface area contributed by atoms with E-state index in [0.717, 1.165) is 30.4 Å². The normalized spacial score (nSPS) is 24.3. The fraction of sp³-hybridized carbons (Fsp3) is 0.533. The van der Waals surface area contributed by atoms with Crippen molar-refractivity contribution in [3.05, 3.63) is 35.4 Å². The van der Waals surface area contributed by atoms with Crippen LogP contribution in [0.1, 0.15) is 48.0 Å². The molecule has 0 radical (unpaired) electrons. The molecule has 3 heteroatoms. The Morgan fingerprint density at radius 1 is 1.28 bits per heavy atom. The molecule has 0 aromatic heterocycles. The zero-order valence-corrected chi connectivity index (χ0v) is 11.0. The van der Waals surface area contributed by atoms with Crippen LogP contribution < -0.4 is 11.1 Å². The molecule has 0 heterocycles. The Kier molecular flexibility index (Phi) is 4.37. The maximum atomic E-state index is 12.2. The van der Waals surface area contributed by atoms with Crippen LogP contribution in [0.5, 0.6) is 0 Å². The summed E-state index contributed by atoms with van der Waals surface area (Å²) < 4.78 is 0. The molecule has 0 spiro atoms. The molecule has 1 saturated carbocycles. The Labute approximate surface area is 109 Å². The minimum Gasteiger partial charge on any atom is -0.348 e. The summed E-state index contributed by atoms with van der Waals surface area (Å²) in [6.07, 6.45) is 5.58. The maximum Gasteiger partial charge on any atom is 0.251 e. The molecule has 1 fully saturated rings. The van der Waals surface area contributed by atoms with E-state index < -0.39 is 0 Å².